The molecule has 170 valence electrons. The number of carbonyl (C=O) groups is 2. The predicted molar refractivity (Wildman–Crippen MR) is 132 cm³/mol. The first kappa shape index (κ1) is 22.8. The second-order valence-electron chi connectivity index (χ2n) is 7.78. The molecule has 0 aromatic heterocycles. The van der Waals surface area contributed by atoms with Crippen LogP contribution < -0.4 is 15.4 Å². The number of para-hydroxylation sites is 1. The highest BCUT2D eigenvalue weighted by atomic mass is 16.5. The molecule has 5 nitrogen and oxygen atoms in total. The first-order chi connectivity index (χ1) is 16.7. The number of benzene rings is 4. The van der Waals surface area contributed by atoms with E-state index in [0.717, 1.165) is 16.7 Å². The first-order valence-electron chi connectivity index (χ1n) is 11.1. The fourth-order valence-electron chi connectivity index (χ4n) is 3.65. The van der Waals surface area contributed by atoms with Crippen molar-refractivity contribution >= 4 is 11.8 Å². The molecule has 2 amide bonds. The highest BCUT2D eigenvalue weighted by molar-refractivity contribution is 5.97. The van der Waals surface area contributed by atoms with Crippen LogP contribution in [0.3, 0.4) is 0 Å². The van der Waals surface area contributed by atoms with Crippen LogP contribution in [0.25, 0.3) is 0 Å². The van der Waals surface area contributed by atoms with E-state index in [1.807, 2.05) is 91.0 Å². The third-order valence-corrected chi connectivity index (χ3v) is 5.36. The maximum absolute atomic E-state index is 12.8. The number of carbonyl (C=O) groups excluding carboxylic acids is 2. The van der Waals surface area contributed by atoms with Gasteiger partial charge in [0.25, 0.3) is 11.8 Å². The van der Waals surface area contributed by atoms with Crippen molar-refractivity contribution in [2.45, 2.75) is 12.6 Å². The Hall–Kier alpha value is -4.38. The second kappa shape index (κ2) is 11.5. The van der Waals surface area contributed by atoms with Crippen LogP contribution in [0.5, 0.6) is 5.75 Å². The van der Waals surface area contributed by atoms with Gasteiger partial charge in [0.15, 0.2) is 6.61 Å². The standard InChI is InChI=1S/C29H26N2O3/c32-27(31-28(23-14-6-2-7-15-23)24-16-8-3-9-17-24)21-34-26-19-11-10-18-25(26)29(33)30-20-22-12-4-1-5-13-22/h1-19,28H,20-21H2,(H,30,33)(H,31,32). The van der Waals surface area contributed by atoms with Crippen LogP contribution in [-0.4, -0.2) is 18.4 Å². The average Bonchev–Trinajstić information content (AvgIpc) is 2.91. The highest BCUT2D eigenvalue weighted by Gasteiger charge is 2.18. The van der Waals surface area contributed by atoms with E-state index in [1.165, 1.54) is 0 Å². The lowest BCUT2D eigenvalue weighted by Crippen LogP contribution is -2.33. The van der Waals surface area contributed by atoms with Crippen LogP contribution in [0, 0.1) is 0 Å². The normalized spacial score (nSPS) is 10.5. The van der Waals surface area contributed by atoms with Gasteiger partial charge in [-0.3, -0.25) is 9.59 Å². The number of ether oxygens (including phenoxy) is 1. The number of rotatable bonds is 9. The Balaban J connectivity index is 1.41. The van der Waals surface area contributed by atoms with Crippen molar-refractivity contribution in [3.05, 3.63) is 138 Å². The van der Waals surface area contributed by atoms with E-state index in [0.29, 0.717) is 17.9 Å². The topological polar surface area (TPSA) is 67.4 Å². The minimum Gasteiger partial charge on any atom is -0.483 e. The summed E-state index contributed by atoms with van der Waals surface area (Å²) < 4.78 is 5.77. The van der Waals surface area contributed by atoms with Gasteiger partial charge < -0.3 is 15.4 Å². The van der Waals surface area contributed by atoms with E-state index in [2.05, 4.69) is 10.6 Å². The average molecular weight is 451 g/mol. The fraction of sp³-hybridized carbons (Fsp3) is 0.103. The minimum absolute atomic E-state index is 0.209. The summed E-state index contributed by atoms with van der Waals surface area (Å²) in [5.41, 5.74) is 3.33. The molecular formula is C29H26N2O3. The zero-order chi connectivity index (χ0) is 23.6. The van der Waals surface area contributed by atoms with Crippen molar-refractivity contribution in [2.75, 3.05) is 6.61 Å². The number of nitrogens with one attached hydrogen (secondary N) is 2. The van der Waals surface area contributed by atoms with Gasteiger partial charge in [-0.25, -0.2) is 0 Å². The molecule has 0 aliphatic rings. The van der Waals surface area contributed by atoms with Gasteiger partial charge in [0, 0.05) is 6.54 Å². The SMILES string of the molecule is O=C(COc1ccccc1C(=O)NCc1ccccc1)NC(c1ccccc1)c1ccccc1. The number of amides is 2. The van der Waals surface area contributed by atoms with Crippen molar-refractivity contribution < 1.29 is 14.3 Å². The number of hydrogen-bond donors (Lipinski definition) is 2. The van der Waals surface area contributed by atoms with Crippen molar-refractivity contribution in [3.8, 4) is 5.75 Å². The van der Waals surface area contributed by atoms with Gasteiger partial charge >= 0.3 is 0 Å². The molecule has 0 aliphatic heterocycles. The van der Waals surface area contributed by atoms with Gasteiger partial charge in [0.1, 0.15) is 5.75 Å². The molecular weight excluding hydrogens is 424 g/mol. The Labute approximate surface area is 199 Å². The summed E-state index contributed by atoms with van der Waals surface area (Å²) in [4.78, 5) is 25.6. The summed E-state index contributed by atoms with van der Waals surface area (Å²) in [5, 5.41) is 5.95. The smallest absolute Gasteiger partial charge is 0.258 e. The molecule has 0 radical (unpaired) electrons. The molecule has 2 N–H and O–H groups in total. The largest absolute Gasteiger partial charge is 0.483 e. The Kier molecular flexibility index (Phi) is 7.70. The second-order valence-corrected chi connectivity index (χ2v) is 7.78. The van der Waals surface area contributed by atoms with E-state index in [9.17, 15) is 9.59 Å². The molecule has 0 heterocycles. The summed E-state index contributed by atoms with van der Waals surface area (Å²) in [6.45, 7) is 0.198. The zero-order valence-corrected chi connectivity index (χ0v) is 18.7. The third-order valence-electron chi connectivity index (χ3n) is 5.36. The monoisotopic (exact) mass is 450 g/mol. The lowest BCUT2D eigenvalue weighted by molar-refractivity contribution is -0.123. The molecule has 0 bridgehead atoms. The van der Waals surface area contributed by atoms with Crippen molar-refractivity contribution in [2.24, 2.45) is 0 Å². The molecule has 0 saturated heterocycles. The van der Waals surface area contributed by atoms with Crippen molar-refractivity contribution in [1.82, 2.24) is 10.6 Å². The van der Waals surface area contributed by atoms with Crippen LogP contribution in [0.15, 0.2) is 115 Å². The third kappa shape index (κ3) is 6.11. The molecule has 34 heavy (non-hydrogen) atoms. The van der Waals surface area contributed by atoms with Gasteiger partial charge in [-0.05, 0) is 28.8 Å². The molecule has 5 heteroatoms. The fourth-order valence-corrected chi connectivity index (χ4v) is 3.65. The summed E-state index contributed by atoms with van der Waals surface area (Å²) in [5.74, 6) is -0.178. The summed E-state index contributed by atoms with van der Waals surface area (Å²) in [7, 11) is 0. The van der Waals surface area contributed by atoms with Crippen molar-refractivity contribution in [3.63, 3.8) is 0 Å². The van der Waals surface area contributed by atoms with Crippen LogP contribution in [0.2, 0.25) is 0 Å². The molecule has 4 rings (SSSR count). The quantitative estimate of drug-likeness (QED) is 0.381. The maximum atomic E-state index is 12.8. The van der Waals surface area contributed by atoms with Crippen LogP contribution >= 0.6 is 0 Å². The van der Waals surface area contributed by atoms with Crippen LogP contribution in [-0.2, 0) is 11.3 Å². The molecule has 0 saturated carbocycles. The molecule has 0 aliphatic carbocycles. The summed E-state index contributed by atoms with van der Waals surface area (Å²) in [6, 6.07) is 35.9. The summed E-state index contributed by atoms with van der Waals surface area (Å²) in [6.07, 6.45) is 0. The van der Waals surface area contributed by atoms with Crippen LogP contribution in [0.1, 0.15) is 33.1 Å². The minimum atomic E-state index is -0.303. The Morgan fingerprint density at radius 1 is 0.676 bits per heavy atom. The zero-order valence-electron chi connectivity index (χ0n) is 18.7. The van der Waals surface area contributed by atoms with E-state index < -0.39 is 0 Å². The Morgan fingerprint density at radius 2 is 1.21 bits per heavy atom. The molecule has 0 fully saturated rings. The van der Waals surface area contributed by atoms with E-state index in [-0.39, 0.29) is 24.5 Å². The lowest BCUT2D eigenvalue weighted by atomic mass is 9.99. The van der Waals surface area contributed by atoms with Gasteiger partial charge in [-0.15, -0.1) is 0 Å². The van der Waals surface area contributed by atoms with Crippen molar-refractivity contribution in [1.29, 1.82) is 0 Å². The maximum Gasteiger partial charge on any atom is 0.258 e. The Bertz CT molecular complexity index is 1170. The predicted octanol–water partition coefficient (Wildman–Crippen LogP) is 4.90. The van der Waals surface area contributed by atoms with Gasteiger partial charge in [0.2, 0.25) is 0 Å². The van der Waals surface area contributed by atoms with Gasteiger partial charge in [-0.2, -0.15) is 0 Å². The van der Waals surface area contributed by atoms with Gasteiger partial charge in [-0.1, -0.05) is 103 Å². The van der Waals surface area contributed by atoms with Gasteiger partial charge in [0.05, 0.1) is 11.6 Å². The summed E-state index contributed by atoms with van der Waals surface area (Å²) >= 11 is 0. The first-order valence-corrected chi connectivity index (χ1v) is 11.1. The van der Waals surface area contributed by atoms with E-state index >= 15 is 0 Å². The molecule has 0 spiro atoms. The molecule has 0 unspecified atom stereocenters. The molecule has 0 atom stereocenters. The molecule has 4 aromatic carbocycles. The van der Waals surface area contributed by atoms with Crippen LogP contribution in [0.4, 0.5) is 0 Å². The van der Waals surface area contributed by atoms with E-state index in [1.54, 1.807) is 24.3 Å². The van der Waals surface area contributed by atoms with E-state index in [4.69, 9.17) is 4.74 Å². The number of hydrogen-bond acceptors (Lipinski definition) is 3. The highest BCUT2D eigenvalue weighted by Crippen LogP contribution is 2.22. The molecule has 4 aromatic rings. The lowest BCUT2D eigenvalue weighted by Gasteiger charge is -2.20. The Morgan fingerprint density at radius 3 is 1.82 bits per heavy atom.